The molecule has 12 heteroatoms. The fourth-order valence-corrected chi connectivity index (χ4v) is 3.04. The zero-order valence-electron chi connectivity index (χ0n) is 9.08. The van der Waals surface area contributed by atoms with E-state index in [1.54, 1.807) is 0 Å². The highest BCUT2D eigenvalue weighted by Crippen LogP contribution is 2.40. The highest BCUT2D eigenvalue weighted by Gasteiger charge is 2.31. The Labute approximate surface area is 102 Å². The number of hydrogen-bond donors (Lipinski definition) is 7. The summed E-state index contributed by atoms with van der Waals surface area (Å²) in [5.74, 6) is -1.50. The summed E-state index contributed by atoms with van der Waals surface area (Å²) < 4.78 is 21.5. The smallest absolute Gasteiger partial charge is 0.327 e. The van der Waals surface area contributed by atoms with Gasteiger partial charge >= 0.3 is 21.2 Å². The van der Waals surface area contributed by atoms with Crippen LogP contribution in [-0.2, 0) is 13.9 Å². The maximum atomic E-state index is 10.8. The fraction of sp³-hybridized carbons (Fsp3) is 0.833. The summed E-state index contributed by atoms with van der Waals surface area (Å²) in [7, 11) is -9.17. The van der Waals surface area contributed by atoms with Crippen LogP contribution in [0.5, 0.6) is 0 Å². The van der Waals surface area contributed by atoms with Crippen molar-refractivity contribution in [2.45, 2.75) is 12.1 Å². The van der Waals surface area contributed by atoms with Crippen molar-refractivity contribution >= 4 is 21.2 Å². The van der Waals surface area contributed by atoms with Crippen molar-refractivity contribution in [3.05, 3.63) is 0 Å². The number of carbonyl (C=O) groups is 1. The van der Waals surface area contributed by atoms with Crippen LogP contribution in [0.1, 0.15) is 0 Å². The third-order valence-corrected chi connectivity index (χ3v) is 3.67. The van der Waals surface area contributed by atoms with E-state index in [0.29, 0.717) is 0 Å². The first kappa shape index (κ1) is 17.7. The summed E-state index contributed by atoms with van der Waals surface area (Å²) in [6.45, 7) is -0.881. The van der Waals surface area contributed by atoms with Gasteiger partial charge in [0.2, 0.25) is 0 Å². The molecule has 0 spiro atoms. The molecule has 0 aromatic rings. The van der Waals surface area contributed by atoms with E-state index in [4.69, 9.17) is 29.8 Å². The Morgan fingerprint density at radius 1 is 1.06 bits per heavy atom. The minimum absolute atomic E-state index is 0.881. The molecule has 0 saturated carbocycles. The van der Waals surface area contributed by atoms with Gasteiger partial charge < -0.3 is 29.8 Å². The normalized spacial score (nSPS) is 14.8. The van der Waals surface area contributed by atoms with Crippen LogP contribution < -0.4 is 5.32 Å². The van der Waals surface area contributed by atoms with Crippen molar-refractivity contribution in [3.63, 3.8) is 0 Å². The third-order valence-electron chi connectivity index (χ3n) is 1.83. The van der Waals surface area contributed by atoms with Gasteiger partial charge in [0.25, 0.3) is 0 Å². The maximum Gasteiger partial charge on any atom is 0.327 e. The monoisotopic (exact) mass is 307 g/mol. The van der Waals surface area contributed by atoms with E-state index >= 15 is 0 Å². The number of hydrogen-bond acceptors (Lipinski definition) is 5. The average Bonchev–Trinajstić information content (AvgIpc) is 2.07. The first-order valence-electron chi connectivity index (χ1n) is 4.63. The van der Waals surface area contributed by atoms with Crippen molar-refractivity contribution in [2.75, 3.05) is 18.9 Å². The minimum Gasteiger partial charge on any atom is -0.480 e. The number of aliphatic carboxylic acids is 1. The molecule has 0 heterocycles. The van der Waals surface area contributed by atoms with E-state index in [-0.39, 0.29) is 0 Å². The Morgan fingerprint density at radius 3 is 1.67 bits per heavy atom. The van der Waals surface area contributed by atoms with E-state index in [9.17, 15) is 13.9 Å². The Morgan fingerprint density at radius 2 is 1.44 bits per heavy atom. The average molecular weight is 307 g/mol. The topological polar surface area (TPSA) is 185 Å². The van der Waals surface area contributed by atoms with Crippen molar-refractivity contribution in [1.29, 1.82) is 0 Å². The molecule has 0 aromatic heterocycles. The van der Waals surface area contributed by atoms with Gasteiger partial charge in [-0.3, -0.25) is 19.2 Å². The first-order valence-corrected chi connectivity index (χ1v) is 8.23. The lowest BCUT2D eigenvalue weighted by molar-refractivity contribution is -0.140. The Hall–Kier alpha value is -0.310. The zero-order chi connectivity index (χ0) is 14.6. The number of carboxylic acids is 1. The minimum atomic E-state index is -4.59. The van der Waals surface area contributed by atoms with Gasteiger partial charge in [-0.1, -0.05) is 0 Å². The van der Waals surface area contributed by atoms with Gasteiger partial charge in [0, 0.05) is 6.04 Å². The van der Waals surface area contributed by atoms with Crippen molar-refractivity contribution in [1.82, 2.24) is 5.32 Å². The molecule has 1 atom stereocenters. The molecule has 0 rings (SSSR count). The fourth-order valence-electron chi connectivity index (χ4n) is 1.22. The molecule has 0 aliphatic rings. The molecule has 0 fully saturated rings. The van der Waals surface area contributed by atoms with E-state index in [2.05, 4.69) is 5.32 Å². The highest BCUT2D eigenvalue weighted by molar-refractivity contribution is 7.53. The Balaban J connectivity index is 4.81. The van der Waals surface area contributed by atoms with Crippen molar-refractivity contribution in [2.24, 2.45) is 0 Å². The quantitative estimate of drug-likeness (QED) is 0.241. The number of nitrogens with one attached hydrogen (secondary N) is 1. The second-order valence-corrected chi connectivity index (χ2v) is 7.02. The summed E-state index contributed by atoms with van der Waals surface area (Å²) in [6, 6.07) is -2.99. The van der Waals surface area contributed by atoms with Crippen LogP contribution in [0.3, 0.4) is 0 Å². The molecule has 0 aliphatic carbocycles. The lowest BCUT2D eigenvalue weighted by Gasteiger charge is -2.22. The van der Waals surface area contributed by atoms with Gasteiger partial charge in [-0.25, -0.2) is 0 Å². The zero-order valence-corrected chi connectivity index (χ0v) is 10.9. The molecular formula is C6H15NO9P2. The highest BCUT2D eigenvalue weighted by atomic mass is 31.2. The third kappa shape index (κ3) is 8.73. The molecule has 18 heavy (non-hydrogen) atoms. The van der Waals surface area contributed by atoms with Crippen LogP contribution in [-0.4, -0.2) is 66.8 Å². The molecule has 0 amide bonds. The van der Waals surface area contributed by atoms with Crippen LogP contribution in [0.25, 0.3) is 0 Å². The second-order valence-electron chi connectivity index (χ2n) is 3.63. The molecule has 0 saturated heterocycles. The van der Waals surface area contributed by atoms with E-state index in [1.165, 1.54) is 0 Å². The summed E-state index contributed by atoms with van der Waals surface area (Å²) in [5, 5.41) is 19.4. The standard InChI is InChI=1S/C6H15NO9P2/c8-1-5(6(9)10)7-4(2-17(11,12)13)3-18(14,15)16/h4-5,7-8H,1-3H2,(H,9,10)(H2,11,12,13)(H2,14,15,16). The van der Waals surface area contributed by atoms with Crippen LogP contribution in [0.4, 0.5) is 0 Å². The van der Waals surface area contributed by atoms with Gasteiger partial charge in [0.1, 0.15) is 6.04 Å². The van der Waals surface area contributed by atoms with Crippen LogP contribution in [0.2, 0.25) is 0 Å². The Bertz CT molecular complexity index is 349. The first-order chi connectivity index (χ1) is 7.94. The van der Waals surface area contributed by atoms with Crippen LogP contribution >= 0.6 is 15.2 Å². The summed E-state index contributed by atoms with van der Waals surface area (Å²) in [5.41, 5.74) is 0. The second kappa shape index (κ2) is 6.74. The summed E-state index contributed by atoms with van der Waals surface area (Å²) >= 11 is 0. The van der Waals surface area contributed by atoms with Crippen LogP contribution in [0.15, 0.2) is 0 Å². The number of rotatable bonds is 8. The lowest BCUT2D eigenvalue weighted by atomic mass is 10.2. The van der Waals surface area contributed by atoms with E-state index in [0.717, 1.165) is 0 Å². The molecular weight excluding hydrogens is 292 g/mol. The SMILES string of the molecule is O=C(O)C(CO)NC(CP(=O)(O)O)CP(=O)(O)O. The predicted octanol–water partition coefficient (Wildman–Crippen LogP) is -2.25. The van der Waals surface area contributed by atoms with Crippen molar-refractivity contribution < 1.29 is 43.7 Å². The van der Waals surface area contributed by atoms with E-state index in [1.807, 2.05) is 0 Å². The molecule has 7 N–H and O–H groups in total. The molecule has 10 nitrogen and oxygen atoms in total. The maximum absolute atomic E-state index is 10.8. The van der Waals surface area contributed by atoms with Crippen LogP contribution in [0, 0.1) is 0 Å². The number of carboxylic acid groups (broad SMARTS) is 1. The molecule has 108 valence electrons. The number of aliphatic hydroxyl groups excluding tert-OH is 1. The molecule has 0 aliphatic heterocycles. The van der Waals surface area contributed by atoms with Gasteiger partial charge in [-0.15, -0.1) is 0 Å². The van der Waals surface area contributed by atoms with E-state index < -0.39 is 52.2 Å². The molecule has 0 radical (unpaired) electrons. The number of aliphatic hydroxyl groups is 1. The van der Waals surface area contributed by atoms with Gasteiger partial charge in [0.05, 0.1) is 18.9 Å². The van der Waals surface area contributed by atoms with Gasteiger partial charge in [0.15, 0.2) is 0 Å². The lowest BCUT2D eigenvalue weighted by Crippen LogP contribution is -2.48. The molecule has 1 unspecified atom stereocenters. The summed E-state index contributed by atoms with van der Waals surface area (Å²) in [6.07, 6.45) is -1.89. The largest absolute Gasteiger partial charge is 0.480 e. The van der Waals surface area contributed by atoms with Gasteiger partial charge in [-0.2, -0.15) is 0 Å². The molecule has 0 aromatic carbocycles. The van der Waals surface area contributed by atoms with Crippen molar-refractivity contribution in [3.8, 4) is 0 Å². The summed E-state index contributed by atoms with van der Waals surface area (Å²) in [4.78, 5) is 45.5. The Kier molecular flexibility index (Phi) is 6.62. The van der Waals surface area contributed by atoms with Gasteiger partial charge in [-0.05, 0) is 0 Å². The predicted molar refractivity (Wildman–Crippen MR) is 59.3 cm³/mol. The molecule has 0 bridgehead atoms.